The van der Waals surface area contributed by atoms with E-state index in [0.717, 1.165) is 11.1 Å². The number of rotatable bonds is 16. The van der Waals surface area contributed by atoms with Gasteiger partial charge < -0.3 is 34.2 Å². The first kappa shape index (κ1) is 36.6. The molecule has 4 aromatic carbocycles. The molecule has 11 heteroatoms. The average Bonchev–Trinajstić information content (AvgIpc) is 3.55. The van der Waals surface area contributed by atoms with Gasteiger partial charge in [-0.3, -0.25) is 14.4 Å². The van der Waals surface area contributed by atoms with Crippen molar-refractivity contribution in [2.45, 2.75) is 52.0 Å². The third-order valence-corrected chi connectivity index (χ3v) is 8.55. The van der Waals surface area contributed by atoms with Crippen LogP contribution in [0.25, 0.3) is 0 Å². The normalized spacial score (nSPS) is 18.1. The lowest BCUT2D eigenvalue weighted by molar-refractivity contribution is -0.161. The first-order valence-corrected chi connectivity index (χ1v) is 17.0. The molecular weight excluding hydrogens is 652 g/mol. The van der Waals surface area contributed by atoms with Gasteiger partial charge in [-0.1, -0.05) is 74.5 Å². The predicted molar refractivity (Wildman–Crippen MR) is 188 cm³/mol. The number of nitrogens with zero attached hydrogens (tertiary/aromatic N) is 2. The van der Waals surface area contributed by atoms with Gasteiger partial charge in [0.25, 0.3) is 5.91 Å². The molecule has 1 aliphatic heterocycles. The van der Waals surface area contributed by atoms with Crippen molar-refractivity contribution in [3.05, 3.63) is 120 Å². The van der Waals surface area contributed by atoms with Crippen LogP contribution in [0.2, 0.25) is 0 Å². The number of para-hydroxylation sites is 2. The van der Waals surface area contributed by atoms with E-state index in [1.807, 2.05) is 86.6 Å². The molecule has 11 nitrogen and oxygen atoms in total. The minimum Gasteiger partial charge on any atom is -0.481 e. The Morgan fingerprint density at radius 2 is 0.961 bits per heavy atom. The van der Waals surface area contributed by atoms with Crippen LogP contribution in [0.1, 0.15) is 37.8 Å². The molecule has 0 radical (unpaired) electrons. The lowest BCUT2D eigenvalue weighted by Gasteiger charge is -2.31. The number of carboxylic acids is 2. The second kappa shape index (κ2) is 17.3. The molecule has 1 heterocycles. The lowest BCUT2D eigenvalue weighted by atomic mass is 9.85. The fraction of sp³-hybridized carbons (Fsp3) is 0.300. The van der Waals surface area contributed by atoms with Gasteiger partial charge in [-0.15, -0.1) is 0 Å². The zero-order valence-electron chi connectivity index (χ0n) is 28.6. The monoisotopic (exact) mass is 694 g/mol. The molecule has 0 bridgehead atoms. The third-order valence-electron chi connectivity index (χ3n) is 8.55. The predicted octanol–water partition coefficient (Wildman–Crippen LogP) is 6.62. The minimum atomic E-state index is -1.89. The number of benzene rings is 4. The maximum Gasteiger partial charge on any atom is 0.333 e. The third kappa shape index (κ3) is 9.31. The highest BCUT2D eigenvalue weighted by Gasteiger charge is 2.58. The quantitative estimate of drug-likeness (QED) is 0.132. The summed E-state index contributed by atoms with van der Waals surface area (Å²) in [7, 11) is 0. The molecular formula is C40H42N2O9. The summed E-state index contributed by atoms with van der Waals surface area (Å²) in [5, 5.41) is 20.2. The Kier molecular flexibility index (Phi) is 12.4. The number of hydrogen-bond acceptors (Lipinski definition) is 7. The number of carboxylic acid groups (broad SMARTS) is 2. The van der Waals surface area contributed by atoms with Crippen LogP contribution in [0.3, 0.4) is 0 Å². The van der Waals surface area contributed by atoms with E-state index in [-0.39, 0.29) is 26.2 Å². The molecule has 5 rings (SSSR count). The SMILES string of the molecule is CCCN(Cc1ccc(Oc2ccccc2)cc1)C(=O)[C@H]1[C@@H](C(=O)O)[C@H](C(=O)O)O[C@@H]1C(=O)N(CCC)Cc1ccc(Oc2ccccc2)cc1. The summed E-state index contributed by atoms with van der Waals surface area (Å²) in [4.78, 5) is 56.4. The van der Waals surface area contributed by atoms with Crippen molar-refractivity contribution in [3.63, 3.8) is 0 Å². The van der Waals surface area contributed by atoms with E-state index in [4.69, 9.17) is 14.2 Å². The van der Waals surface area contributed by atoms with Crippen LogP contribution in [0.15, 0.2) is 109 Å². The van der Waals surface area contributed by atoms with Gasteiger partial charge in [0.1, 0.15) is 35.0 Å². The maximum absolute atomic E-state index is 14.4. The summed E-state index contributed by atoms with van der Waals surface area (Å²) in [6, 6.07) is 32.9. The summed E-state index contributed by atoms with van der Waals surface area (Å²) in [6.45, 7) is 4.51. The smallest absolute Gasteiger partial charge is 0.333 e. The van der Waals surface area contributed by atoms with Crippen molar-refractivity contribution < 1.29 is 43.6 Å². The highest BCUT2D eigenvalue weighted by Crippen LogP contribution is 2.37. The highest BCUT2D eigenvalue weighted by molar-refractivity contribution is 5.96. The Morgan fingerprint density at radius 1 is 0.549 bits per heavy atom. The van der Waals surface area contributed by atoms with Gasteiger partial charge in [-0.2, -0.15) is 0 Å². The molecule has 0 spiro atoms. The summed E-state index contributed by atoms with van der Waals surface area (Å²) < 4.78 is 17.5. The van der Waals surface area contributed by atoms with Crippen LogP contribution >= 0.6 is 0 Å². The van der Waals surface area contributed by atoms with Crippen molar-refractivity contribution in [3.8, 4) is 23.0 Å². The first-order chi connectivity index (χ1) is 24.7. The van der Waals surface area contributed by atoms with Gasteiger partial charge in [0.05, 0.1) is 5.92 Å². The summed E-state index contributed by atoms with van der Waals surface area (Å²) in [6.07, 6.45) is -2.41. The molecule has 1 aliphatic rings. The molecule has 2 amide bonds. The molecule has 4 atom stereocenters. The van der Waals surface area contributed by atoms with Crippen molar-refractivity contribution in [2.75, 3.05) is 13.1 Å². The van der Waals surface area contributed by atoms with Crippen LogP contribution < -0.4 is 9.47 Å². The summed E-state index contributed by atoms with van der Waals surface area (Å²) >= 11 is 0. The zero-order chi connectivity index (χ0) is 36.3. The average molecular weight is 695 g/mol. The summed E-state index contributed by atoms with van der Waals surface area (Å²) in [5.74, 6) is -5.17. The van der Waals surface area contributed by atoms with E-state index < -0.39 is 47.8 Å². The molecule has 2 N–H and O–H groups in total. The van der Waals surface area contributed by atoms with Crippen LogP contribution in [0.5, 0.6) is 23.0 Å². The Labute approximate surface area is 297 Å². The molecule has 1 saturated heterocycles. The molecule has 4 aromatic rings. The van der Waals surface area contributed by atoms with E-state index >= 15 is 0 Å². The van der Waals surface area contributed by atoms with Crippen molar-refractivity contribution in [2.24, 2.45) is 11.8 Å². The van der Waals surface area contributed by atoms with Crippen molar-refractivity contribution in [1.29, 1.82) is 0 Å². The highest BCUT2D eigenvalue weighted by atomic mass is 16.5. The molecule has 0 aromatic heterocycles. The maximum atomic E-state index is 14.4. The van der Waals surface area contributed by atoms with E-state index in [1.54, 1.807) is 36.4 Å². The van der Waals surface area contributed by atoms with Gasteiger partial charge in [-0.05, 0) is 72.5 Å². The molecule has 0 saturated carbocycles. The number of aliphatic carboxylic acids is 2. The van der Waals surface area contributed by atoms with Crippen LogP contribution in [0, 0.1) is 11.8 Å². The first-order valence-electron chi connectivity index (χ1n) is 17.0. The van der Waals surface area contributed by atoms with Crippen LogP contribution in [-0.2, 0) is 37.0 Å². The van der Waals surface area contributed by atoms with Gasteiger partial charge in [0.15, 0.2) is 6.10 Å². The van der Waals surface area contributed by atoms with E-state index in [2.05, 4.69) is 0 Å². The largest absolute Gasteiger partial charge is 0.481 e. The van der Waals surface area contributed by atoms with Crippen molar-refractivity contribution >= 4 is 23.8 Å². The number of carbonyl (C=O) groups is 4. The second-order valence-electron chi connectivity index (χ2n) is 12.3. The van der Waals surface area contributed by atoms with E-state index in [1.165, 1.54) is 9.80 Å². The Balaban J connectivity index is 1.37. The number of carbonyl (C=O) groups excluding carboxylic acids is 2. The zero-order valence-corrected chi connectivity index (χ0v) is 28.6. The molecule has 0 aliphatic carbocycles. The molecule has 51 heavy (non-hydrogen) atoms. The standard InChI is InChI=1S/C40H42N2O9/c1-3-23-41(25-27-15-19-31(20-16-27)49-29-11-7-5-8-12-29)37(43)33-34(39(45)46)36(40(47)48)51-35(33)38(44)42(24-4-2)26-28-17-21-32(22-18-28)50-30-13-9-6-10-14-30/h5-22,33-36H,3-4,23-26H2,1-2H3,(H,45,46)(H,47,48)/t33-,34+,35-,36+/m0/s1. The van der Waals surface area contributed by atoms with E-state index in [9.17, 15) is 29.4 Å². The molecule has 1 fully saturated rings. The molecule has 266 valence electrons. The number of ether oxygens (including phenoxy) is 3. The van der Waals surface area contributed by atoms with Crippen LogP contribution in [-0.4, -0.2) is 69.1 Å². The fourth-order valence-electron chi connectivity index (χ4n) is 6.17. The van der Waals surface area contributed by atoms with Crippen LogP contribution in [0.4, 0.5) is 0 Å². The fourth-order valence-corrected chi connectivity index (χ4v) is 6.17. The Morgan fingerprint density at radius 3 is 1.35 bits per heavy atom. The summed E-state index contributed by atoms with van der Waals surface area (Å²) in [5.41, 5.74) is 1.50. The molecule has 0 unspecified atom stereocenters. The van der Waals surface area contributed by atoms with Gasteiger partial charge in [0.2, 0.25) is 5.91 Å². The minimum absolute atomic E-state index is 0.107. The van der Waals surface area contributed by atoms with Gasteiger partial charge >= 0.3 is 11.9 Å². The lowest BCUT2D eigenvalue weighted by Crippen LogP contribution is -2.49. The number of amides is 2. The topological polar surface area (TPSA) is 143 Å². The van der Waals surface area contributed by atoms with Gasteiger partial charge in [0, 0.05) is 26.2 Å². The van der Waals surface area contributed by atoms with E-state index in [0.29, 0.717) is 35.8 Å². The number of hydrogen-bond donors (Lipinski definition) is 2. The second-order valence-corrected chi connectivity index (χ2v) is 12.3. The van der Waals surface area contributed by atoms with Crippen molar-refractivity contribution in [1.82, 2.24) is 9.80 Å². The Bertz CT molecular complexity index is 1770. The Hall–Kier alpha value is -5.68. The van der Waals surface area contributed by atoms with Gasteiger partial charge in [-0.25, -0.2) is 4.79 Å².